The van der Waals surface area contributed by atoms with E-state index in [2.05, 4.69) is 4.98 Å². The van der Waals surface area contributed by atoms with Gasteiger partial charge >= 0.3 is 5.69 Å². The summed E-state index contributed by atoms with van der Waals surface area (Å²) >= 11 is 0. The molecule has 1 aromatic rings. The van der Waals surface area contributed by atoms with Gasteiger partial charge in [-0.2, -0.15) is 0 Å². The fraction of sp³-hybridized carbons (Fsp3) is 0.333. The molecule has 0 amide bonds. The molecule has 0 saturated carbocycles. The number of aromatic nitrogens is 1. The molecular formula is C9H10N2O3S2. The summed E-state index contributed by atoms with van der Waals surface area (Å²) < 4.78 is 0. The standard InChI is InChI=1S/C9H10N2O3S2/c1-7(5-12)6-15-16-9-8(11(13)14)3-2-4-10-9/h2-5,7H,6H2,1H3. The smallest absolute Gasteiger partial charge is 0.302 e. The van der Waals surface area contributed by atoms with E-state index in [1.54, 1.807) is 6.92 Å². The van der Waals surface area contributed by atoms with Gasteiger partial charge in [-0.3, -0.25) is 10.1 Å². The van der Waals surface area contributed by atoms with Gasteiger partial charge in [-0.25, -0.2) is 4.98 Å². The molecule has 5 nitrogen and oxygen atoms in total. The summed E-state index contributed by atoms with van der Waals surface area (Å²) in [6.45, 7) is 1.80. The van der Waals surface area contributed by atoms with Gasteiger partial charge in [0.05, 0.1) is 4.92 Å². The predicted molar refractivity (Wildman–Crippen MR) is 64.4 cm³/mol. The van der Waals surface area contributed by atoms with Crippen molar-refractivity contribution in [2.75, 3.05) is 5.75 Å². The van der Waals surface area contributed by atoms with Crippen LogP contribution in [0.25, 0.3) is 0 Å². The van der Waals surface area contributed by atoms with E-state index in [4.69, 9.17) is 0 Å². The molecule has 7 heteroatoms. The Bertz CT molecular complexity index is 387. The maximum absolute atomic E-state index is 10.7. The molecule has 0 fully saturated rings. The highest BCUT2D eigenvalue weighted by molar-refractivity contribution is 8.76. The molecule has 0 N–H and O–H groups in total. The van der Waals surface area contributed by atoms with E-state index in [1.165, 1.54) is 39.9 Å². The Balaban J connectivity index is 2.59. The summed E-state index contributed by atoms with van der Waals surface area (Å²) in [6, 6.07) is 2.94. The Morgan fingerprint density at radius 1 is 1.69 bits per heavy atom. The fourth-order valence-corrected chi connectivity index (χ4v) is 3.19. The van der Waals surface area contributed by atoms with Gasteiger partial charge in [-0.1, -0.05) is 17.7 Å². The Morgan fingerprint density at radius 2 is 2.44 bits per heavy atom. The quantitative estimate of drug-likeness (QED) is 0.338. The minimum atomic E-state index is -0.459. The van der Waals surface area contributed by atoms with Crippen LogP contribution in [0.5, 0.6) is 0 Å². The molecule has 16 heavy (non-hydrogen) atoms. The molecule has 0 radical (unpaired) electrons. The van der Waals surface area contributed by atoms with Gasteiger partial charge in [0.15, 0.2) is 5.03 Å². The van der Waals surface area contributed by atoms with Crippen molar-refractivity contribution >= 4 is 33.6 Å². The number of nitro groups is 1. The summed E-state index contributed by atoms with van der Waals surface area (Å²) in [4.78, 5) is 24.5. The number of nitrogens with zero attached hydrogens (tertiary/aromatic N) is 2. The van der Waals surface area contributed by atoms with Crippen LogP contribution in [0.3, 0.4) is 0 Å². The molecule has 0 aliphatic rings. The van der Waals surface area contributed by atoms with Gasteiger partial charge in [-0.05, 0) is 16.9 Å². The lowest BCUT2D eigenvalue weighted by Gasteiger charge is -2.02. The minimum absolute atomic E-state index is 0.00115. The maximum Gasteiger partial charge on any atom is 0.302 e. The summed E-state index contributed by atoms with van der Waals surface area (Å²) in [7, 11) is 2.61. The van der Waals surface area contributed by atoms with Crippen molar-refractivity contribution in [3.05, 3.63) is 28.4 Å². The lowest BCUT2D eigenvalue weighted by molar-refractivity contribution is -0.388. The number of pyridine rings is 1. The zero-order valence-electron chi connectivity index (χ0n) is 8.53. The average molecular weight is 258 g/mol. The van der Waals surface area contributed by atoms with Crippen LogP contribution in [0, 0.1) is 16.0 Å². The van der Waals surface area contributed by atoms with Crippen LogP contribution < -0.4 is 0 Å². The third-order valence-electron chi connectivity index (χ3n) is 1.65. The molecule has 0 spiro atoms. The van der Waals surface area contributed by atoms with E-state index in [0.29, 0.717) is 10.8 Å². The summed E-state index contributed by atoms with van der Waals surface area (Å²) in [5, 5.41) is 11.0. The van der Waals surface area contributed by atoms with Crippen molar-refractivity contribution in [2.24, 2.45) is 5.92 Å². The fourth-order valence-electron chi connectivity index (χ4n) is 0.822. The number of carbonyl (C=O) groups excluding carboxylic acids is 1. The number of rotatable bonds is 6. The normalized spacial score (nSPS) is 12.1. The van der Waals surface area contributed by atoms with Crippen LogP contribution in [0.1, 0.15) is 6.92 Å². The van der Waals surface area contributed by atoms with Crippen molar-refractivity contribution in [2.45, 2.75) is 11.9 Å². The predicted octanol–water partition coefficient (Wildman–Crippen LogP) is 2.57. The van der Waals surface area contributed by atoms with E-state index in [1.807, 2.05) is 0 Å². The number of aldehydes is 1. The molecule has 1 aromatic heterocycles. The van der Waals surface area contributed by atoms with Crippen LogP contribution in [-0.2, 0) is 4.79 Å². The molecule has 86 valence electrons. The highest BCUT2D eigenvalue weighted by Gasteiger charge is 2.15. The van der Waals surface area contributed by atoms with Crippen molar-refractivity contribution in [1.29, 1.82) is 0 Å². The zero-order chi connectivity index (χ0) is 12.0. The summed E-state index contributed by atoms with van der Waals surface area (Å²) in [5.41, 5.74) is -0.00115. The molecule has 0 aromatic carbocycles. The van der Waals surface area contributed by atoms with Crippen molar-refractivity contribution in [3.63, 3.8) is 0 Å². The monoisotopic (exact) mass is 258 g/mol. The van der Waals surface area contributed by atoms with Crippen LogP contribution in [0.2, 0.25) is 0 Å². The Hall–Kier alpha value is -1.08. The van der Waals surface area contributed by atoms with Crippen LogP contribution in [-0.4, -0.2) is 21.9 Å². The van der Waals surface area contributed by atoms with Gasteiger partial charge in [-0.15, -0.1) is 0 Å². The van der Waals surface area contributed by atoms with Gasteiger partial charge in [0.25, 0.3) is 0 Å². The molecule has 1 atom stereocenters. The van der Waals surface area contributed by atoms with E-state index in [0.717, 1.165) is 6.29 Å². The highest BCUT2D eigenvalue weighted by atomic mass is 33.1. The van der Waals surface area contributed by atoms with Crippen LogP contribution in [0.15, 0.2) is 23.4 Å². The maximum atomic E-state index is 10.7. The van der Waals surface area contributed by atoms with Crippen molar-refractivity contribution < 1.29 is 9.72 Å². The third-order valence-corrected chi connectivity index (χ3v) is 4.14. The molecular weight excluding hydrogens is 248 g/mol. The first kappa shape index (κ1) is 13.0. The Labute approximate surface area is 101 Å². The zero-order valence-corrected chi connectivity index (χ0v) is 10.2. The van der Waals surface area contributed by atoms with E-state index in [-0.39, 0.29) is 11.6 Å². The number of hydrogen-bond acceptors (Lipinski definition) is 6. The molecule has 0 bridgehead atoms. The summed E-state index contributed by atoms with van der Waals surface area (Å²) in [6.07, 6.45) is 2.37. The topological polar surface area (TPSA) is 73.1 Å². The van der Waals surface area contributed by atoms with E-state index < -0.39 is 4.92 Å². The largest absolute Gasteiger partial charge is 0.303 e. The first-order valence-corrected chi connectivity index (χ1v) is 6.81. The van der Waals surface area contributed by atoms with Gasteiger partial charge in [0.2, 0.25) is 0 Å². The second-order valence-electron chi connectivity index (χ2n) is 3.07. The van der Waals surface area contributed by atoms with E-state index in [9.17, 15) is 14.9 Å². The molecule has 1 rings (SSSR count). The van der Waals surface area contributed by atoms with Crippen molar-refractivity contribution in [3.8, 4) is 0 Å². The van der Waals surface area contributed by atoms with Gasteiger partial charge in [0.1, 0.15) is 6.29 Å². The van der Waals surface area contributed by atoms with Crippen molar-refractivity contribution in [1.82, 2.24) is 4.98 Å². The lowest BCUT2D eigenvalue weighted by Crippen LogP contribution is -1.97. The second-order valence-corrected chi connectivity index (χ2v) is 5.40. The number of carbonyl (C=O) groups is 1. The molecule has 1 unspecified atom stereocenters. The molecule has 0 aliphatic heterocycles. The third kappa shape index (κ3) is 3.82. The minimum Gasteiger partial charge on any atom is -0.303 e. The molecule has 1 heterocycles. The molecule has 0 saturated heterocycles. The first-order valence-electron chi connectivity index (χ1n) is 4.49. The SMILES string of the molecule is CC(C=O)CSSc1ncccc1[N+](=O)[O-]. The van der Waals surface area contributed by atoms with Crippen LogP contribution in [0.4, 0.5) is 5.69 Å². The Kier molecular flexibility index (Phi) is 5.27. The first-order chi connectivity index (χ1) is 7.65. The van der Waals surface area contributed by atoms with E-state index >= 15 is 0 Å². The second kappa shape index (κ2) is 6.49. The van der Waals surface area contributed by atoms with Gasteiger partial charge in [0, 0.05) is 23.9 Å². The lowest BCUT2D eigenvalue weighted by atomic mass is 10.3. The average Bonchev–Trinajstić information content (AvgIpc) is 2.29. The summed E-state index contributed by atoms with van der Waals surface area (Å²) in [5.74, 6) is 0.558. The van der Waals surface area contributed by atoms with Gasteiger partial charge < -0.3 is 4.79 Å². The molecule has 0 aliphatic carbocycles. The Morgan fingerprint density at radius 3 is 3.06 bits per heavy atom. The van der Waals surface area contributed by atoms with Crippen LogP contribution >= 0.6 is 21.6 Å². The highest BCUT2D eigenvalue weighted by Crippen LogP contribution is 2.35. The number of hydrogen-bond donors (Lipinski definition) is 0.